The summed E-state index contributed by atoms with van der Waals surface area (Å²) in [6.45, 7) is 6.90. The summed E-state index contributed by atoms with van der Waals surface area (Å²) in [4.78, 5) is 10.6. The van der Waals surface area contributed by atoms with Crippen LogP contribution in [0.1, 0.15) is 26.2 Å². The fourth-order valence-corrected chi connectivity index (χ4v) is 4.24. The van der Waals surface area contributed by atoms with Crippen molar-refractivity contribution in [3.05, 3.63) is 24.4 Å². The number of hydrogen-bond acceptors (Lipinski definition) is 6. The average molecular weight is 413 g/mol. The minimum absolute atomic E-state index is 0.151. The van der Waals surface area contributed by atoms with Crippen molar-refractivity contribution in [3.63, 3.8) is 0 Å². The van der Waals surface area contributed by atoms with Crippen LogP contribution < -0.4 is 14.8 Å². The third-order valence-electron chi connectivity index (χ3n) is 5.67. The Balaban J connectivity index is 1.57. The van der Waals surface area contributed by atoms with Crippen LogP contribution in [0.15, 0.2) is 24.4 Å². The number of aromatic amines is 1. The first kappa shape index (κ1) is 20.8. The summed E-state index contributed by atoms with van der Waals surface area (Å²) in [6.07, 6.45) is 5.47. The third-order valence-corrected chi connectivity index (χ3v) is 5.67. The van der Waals surface area contributed by atoms with Crippen LogP contribution in [0.2, 0.25) is 0 Å². The number of rotatable bonds is 10. The first-order valence-corrected chi connectivity index (χ1v) is 10.8. The van der Waals surface area contributed by atoms with Gasteiger partial charge in [-0.2, -0.15) is 0 Å². The van der Waals surface area contributed by atoms with E-state index in [1.54, 1.807) is 14.2 Å². The van der Waals surface area contributed by atoms with Crippen LogP contribution in [0.3, 0.4) is 0 Å². The van der Waals surface area contributed by atoms with E-state index in [4.69, 9.17) is 14.2 Å². The number of fused-ring (bicyclic) bond motifs is 3. The standard InChI is InChI=1S/C23H32N4O3/c1-16(15-28-2)25-23-22-17-13-20(29-3)21(14-19(17)26-18(22)7-8-24-23)30-12-6-11-27-9-4-5-10-27/h7-8,13-14,16,26H,4-6,9-12,15H2,1-3H3,(H,24,25). The van der Waals surface area contributed by atoms with Crippen LogP contribution >= 0.6 is 0 Å². The lowest BCUT2D eigenvalue weighted by Crippen LogP contribution is -2.21. The molecular weight excluding hydrogens is 380 g/mol. The maximum Gasteiger partial charge on any atom is 0.163 e. The highest BCUT2D eigenvalue weighted by Gasteiger charge is 2.16. The van der Waals surface area contributed by atoms with Crippen molar-refractivity contribution in [2.75, 3.05) is 52.4 Å². The molecule has 2 N–H and O–H groups in total. The minimum atomic E-state index is 0.151. The maximum absolute atomic E-state index is 6.10. The van der Waals surface area contributed by atoms with Gasteiger partial charge in [-0.25, -0.2) is 4.98 Å². The third kappa shape index (κ3) is 4.47. The van der Waals surface area contributed by atoms with E-state index in [-0.39, 0.29) is 6.04 Å². The summed E-state index contributed by atoms with van der Waals surface area (Å²) in [7, 11) is 3.39. The second-order valence-electron chi connectivity index (χ2n) is 8.01. The highest BCUT2D eigenvalue weighted by Crippen LogP contribution is 2.38. The van der Waals surface area contributed by atoms with Gasteiger partial charge in [0.25, 0.3) is 0 Å². The zero-order chi connectivity index (χ0) is 20.9. The van der Waals surface area contributed by atoms with Crippen LogP contribution in [0, 0.1) is 0 Å². The van der Waals surface area contributed by atoms with Gasteiger partial charge in [-0.05, 0) is 51.4 Å². The zero-order valence-electron chi connectivity index (χ0n) is 18.2. The van der Waals surface area contributed by atoms with Gasteiger partial charge in [0.2, 0.25) is 0 Å². The van der Waals surface area contributed by atoms with Crippen molar-refractivity contribution >= 4 is 27.6 Å². The first-order valence-electron chi connectivity index (χ1n) is 10.8. The number of anilines is 1. The van der Waals surface area contributed by atoms with Crippen molar-refractivity contribution in [1.29, 1.82) is 0 Å². The highest BCUT2D eigenvalue weighted by atomic mass is 16.5. The van der Waals surface area contributed by atoms with Crippen molar-refractivity contribution in [3.8, 4) is 11.5 Å². The number of aromatic nitrogens is 2. The topological polar surface area (TPSA) is 71.6 Å². The lowest BCUT2D eigenvalue weighted by molar-refractivity contribution is 0.190. The molecule has 4 rings (SSSR count). The maximum atomic E-state index is 6.10. The molecule has 0 bridgehead atoms. The van der Waals surface area contributed by atoms with E-state index in [0.717, 1.165) is 52.1 Å². The van der Waals surface area contributed by atoms with Crippen LogP contribution in [-0.4, -0.2) is 68.0 Å². The normalized spacial score (nSPS) is 15.7. The van der Waals surface area contributed by atoms with Gasteiger partial charge in [0.15, 0.2) is 11.5 Å². The molecule has 2 aromatic heterocycles. The van der Waals surface area contributed by atoms with Gasteiger partial charge in [-0.1, -0.05) is 0 Å². The summed E-state index contributed by atoms with van der Waals surface area (Å²) in [5.41, 5.74) is 2.04. The highest BCUT2D eigenvalue weighted by molar-refractivity contribution is 6.13. The molecular formula is C23H32N4O3. The molecule has 30 heavy (non-hydrogen) atoms. The van der Waals surface area contributed by atoms with Crippen LogP contribution in [0.25, 0.3) is 21.8 Å². The molecule has 1 aromatic carbocycles. The molecule has 3 aromatic rings. The Morgan fingerprint density at radius 1 is 1.17 bits per heavy atom. The Hall–Kier alpha value is -2.51. The summed E-state index contributed by atoms with van der Waals surface area (Å²) in [5, 5.41) is 5.56. The van der Waals surface area contributed by atoms with Crippen LogP contribution in [0.5, 0.6) is 11.5 Å². The van der Waals surface area contributed by atoms with Crippen LogP contribution in [-0.2, 0) is 4.74 Å². The van der Waals surface area contributed by atoms with Crippen LogP contribution in [0.4, 0.5) is 5.82 Å². The molecule has 7 heteroatoms. The number of methoxy groups -OCH3 is 2. The number of likely N-dealkylation sites (tertiary alicyclic amines) is 1. The molecule has 3 heterocycles. The van der Waals surface area contributed by atoms with Crippen molar-refractivity contribution in [2.24, 2.45) is 0 Å². The Bertz CT molecular complexity index is 981. The fraction of sp³-hybridized carbons (Fsp3) is 0.522. The predicted octanol–water partition coefficient (Wildman–Crippen LogP) is 4.04. The Morgan fingerprint density at radius 2 is 2.00 bits per heavy atom. The fourth-order valence-electron chi connectivity index (χ4n) is 4.24. The van der Waals surface area contributed by atoms with Gasteiger partial charge >= 0.3 is 0 Å². The van der Waals surface area contributed by atoms with E-state index < -0.39 is 0 Å². The zero-order valence-corrected chi connectivity index (χ0v) is 18.2. The molecule has 162 valence electrons. The lowest BCUT2D eigenvalue weighted by atomic mass is 10.1. The quantitative estimate of drug-likeness (QED) is 0.490. The van der Waals surface area contributed by atoms with E-state index >= 15 is 0 Å². The number of benzene rings is 1. The molecule has 0 spiro atoms. The van der Waals surface area contributed by atoms with E-state index in [0.29, 0.717) is 13.2 Å². The number of nitrogens with one attached hydrogen (secondary N) is 2. The Kier molecular flexibility index (Phi) is 6.59. The van der Waals surface area contributed by atoms with Crippen molar-refractivity contribution in [2.45, 2.75) is 32.2 Å². The SMILES string of the molecule is COCC(C)Nc1nccc2[nH]c3cc(OCCCN4CCCC4)c(OC)cc3c12. The molecule has 1 atom stereocenters. The van der Waals surface area contributed by atoms with Gasteiger partial charge < -0.3 is 29.4 Å². The number of pyridine rings is 1. The van der Waals surface area contributed by atoms with Gasteiger partial charge in [-0.15, -0.1) is 0 Å². The summed E-state index contributed by atoms with van der Waals surface area (Å²) < 4.78 is 17.0. The largest absolute Gasteiger partial charge is 0.493 e. The molecule has 0 amide bonds. The molecule has 0 aliphatic carbocycles. The first-order chi connectivity index (χ1) is 14.7. The van der Waals surface area contributed by atoms with E-state index in [1.165, 1.54) is 25.9 Å². The molecule has 0 radical (unpaired) electrons. The molecule has 1 unspecified atom stereocenters. The smallest absolute Gasteiger partial charge is 0.163 e. The van der Waals surface area contributed by atoms with E-state index in [9.17, 15) is 0 Å². The van der Waals surface area contributed by atoms with Gasteiger partial charge in [0.05, 0.1) is 31.4 Å². The number of ether oxygens (including phenoxy) is 3. The number of H-pyrrole nitrogens is 1. The Morgan fingerprint density at radius 3 is 2.77 bits per heavy atom. The van der Waals surface area contributed by atoms with Gasteiger partial charge in [-0.3, -0.25) is 0 Å². The lowest BCUT2D eigenvalue weighted by Gasteiger charge is -2.16. The second kappa shape index (κ2) is 9.53. The van der Waals surface area contributed by atoms with Crippen molar-refractivity contribution in [1.82, 2.24) is 14.9 Å². The van der Waals surface area contributed by atoms with Gasteiger partial charge in [0, 0.05) is 42.7 Å². The van der Waals surface area contributed by atoms with E-state index in [2.05, 4.69) is 27.1 Å². The number of nitrogens with zero attached hydrogens (tertiary/aromatic N) is 2. The van der Waals surface area contributed by atoms with E-state index in [1.807, 2.05) is 24.4 Å². The average Bonchev–Trinajstić information content (AvgIpc) is 3.38. The molecule has 1 saturated heterocycles. The molecule has 1 fully saturated rings. The number of hydrogen-bond donors (Lipinski definition) is 2. The molecule has 7 nitrogen and oxygen atoms in total. The summed E-state index contributed by atoms with van der Waals surface area (Å²) in [5.74, 6) is 2.35. The monoisotopic (exact) mass is 412 g/mol. The molecule has 0 saturated carbocycles. The molecule has 1 aliphatic heterocycles. The predicted molar refractivity (Wildman–Crippen MR) is 121 cm³/mol. The molecule has 1 aliphatic rings. The minimum Gasteiger partial charge on any atom is -0.493 e. The second-order valence-corrected chi connectivity index (χ2v) is 8.01. The summed E-state index contributed by atoms with van der Waals surface area (Å²) in [6, 6.07) is 6.22. The summed E-state index contributed by atoms with van der Waals surface area (Å²) >= 11 is 0. The Labute approximate surface area is 177 Å². The van der Waals surface area contributed by atoms with Gasteiger partial charge in [0.1, 0.15) is 5.82 Å². The van der Waals surface area contributed by atoms with Crippen molar-refractivity contribution < 1.29 is 14.2 Å².